The van der Waals surface area contributed by atoms with Gasteiger partial charge in [0.15, 0.2) is 9.84 Å². The molecule has 1 aliphatic heterocycles. The summed E-state index contributed by atoms with van der Waals surface area (Å²) in [5.74, 6) is -1.12. The highest BCUT2D eigenvalue weighted by molar-refractivity contribution is 7.90. The Morgan fingerprint density at radius 3 is 2.38 bits per heavy atom. The lowest BCUT2D eigenvalue weighted by molar-refractivity contribution is -0.120. The van der Waals surface area contributed by atoms with Crippen molar-refractivity contribution < 1.29 is 23.1 Å². The first kappa shape index (κ1) is 20.5. The van der Waals surface area contributed by atoms with E-state index in [9.17, 15) is 23.1 Å². The van der Waals surface area contributed by atoms with Crippen LogP contribution >= 0.6 is 0 Å². The molecule has 0 unspecified atom stereocenters. The number of carboxylic acid groups (broad SMARTS) is 1. The molecule has 2 atom stereocenters. The Morgan fingerprint density at radius 1 is 1.03 bits per heavy atom. The lowest BCUT2D eigenvalue weighted by atomic mass is 9.92. The fraction of sp³-hybridized carbons (Fsp3) is 0.200. The summed E-state index contributed by atoms with van der Waals surface area (Å²) in [5, 5.41) is 9.54. The van der Waals surface area contributed by atoms with Crippen LogP contribution < -0.4 is 4.90 Å². The highest BCUT2D eigenvalue weighted by Gasteiger charge is 2.67. The van der Waals surface area contributed by atoms with Gasteiger partial charge in [-0.15, -0.1) is 0 Å². The Labute approximate surface area is 186 Å². The number of benzene rings is 3. The minimum absolute atomic E-state index is 0.0453. The maximum Gasteiger partial charge on any atom is 0.336 e. The molecule has 5 rings (SSSR count). The van der Waals surface area contributed by atoms with Gasteiger partial charge in [-0.1, -0.05) is 48.5 Å². The third-order valence-corrected chi connectivity index (χ3v) is 7.68. The smallest absolute Gasteiger partial charge is 0.336 e. The van der Waals surface area contributed by atoms with Crippen molar-refractivity contribution >= 4 is 27.4 Å². The van der Waals surface area contributed by atoms with Gasteiger partial charge >= 0.3 is 5.97 Å². The van der Waals surface area contributed by atoms with Crippen LogP contribution in [-0.2, 0) is 26.6 Å². The largest absolute Gasteiger partial charge is 0.478 e. The molecule has 3 aromatic carbocycles. The number of nitrogens with zero attached hydrogens (tertiary/aromatic N) is 1. The number of para-hydroxylation sites is 1. The Kier molecular flexibility index (Phi) is 4.49. The Bertz CT molecular complexity index is 1360. The number of carbonyl (C=O) groups excluding carboxylic acids is 1. The first-order valence-corrected chi connectivity index (χ1v) is 12.2. The number of carboxylic acids is 1. The summed E-state index contributed by atoms with van der Waals surface area (Å²) in [4.78, 5) is 27.3. The number of fused-ring (bicyclic) bond motifs is 2. The average Bonchev–Trinajstić information content (AvgIpc) is 3.49. The SMILES string of the molecule is CS(=O)(=O)c1ccc([C@@H]2C[C@]23C(=O)N(Cc2ccccc2C(=O)O)c2ccccc23)cc1. The van der Waals surface area contributed by atoms with Gasteiger partial charge in [0, 0.05) is 17.9 Å². The summed E-state index contributed by atoms with van der Waals surface area (Å²) in [6.07, 6.45) is 1.81. The Balaban J connectivity index is 1.51. The van der Waals surface area contributed by atoms with Gasteiger partial charge in [0.25, 0.3) is 0 Å². The third kappa shape index (κ3) is 3.04. The van der Waals surface area contributed by atoms with E-state index in [1.807, 2.05) is 24.3 Å². The zero-order valence-corrected chi connectivity index (χ0v) is 18.2. The van der Waals surface area contributed by atoms with Gasteiger partial charge < -0.3 is 10.0 Å². The third-order valence-electron chi connectivity index (χ3n) is 6.55. The molecule has 1 aliphatic carbocycles. The van der Waals surface area contributed by atoms with Crippen molar-refractivity contribution in [2.45, 2.75) is 29.2 Å². The maximum absolute atomic E-state index is 13.7. The normalized spacial score (nSPS) is 21.6. The van der Waals surface area contributed by atoms with E-state index < -0.39 is 21.2 Å². The summed E-state index contributed by atoms with van der Waals surface area (Å²) in [7, 11) is -3.29. The molecule has 32 heavy (non-hydrogen) atoms. The van der Waals surface area contributed by atoms with Crippen LogP contribution in [0.2, 0.25) is 0 Å². The molecule has 1 saturated carbocycles. The monoisotopic (exact) mass is 447 g/mol. The number of rotatable bonds is 5. The van der Waals surface area contributed by atoms with Crippen LogP contribution in [0, 0.1) is 0 Å². The molecule has 1 heterocycles. The minimum Gasteiger partial charge on any atom is -0.478 e. The second-order valence-corrected chi connectivity index (χ2v) is 10.5. The Morgan fingerprint density at radius 2 is 1.69 bits per heavy atom. The molecular weight excluding hydrogens is 426 g/mol. The summed E-state index contributed by atoms with van der Waals surface area (Å²) < 4.78 is 23.6. The van der Waals surface area contributed by atoms with E-state index >= 15 is 0 Å². The van der Waals surface area contributed by atoms with Crippen LogP contribution in [0.3, 0.4) is 0 Å². The van der Waals surface area contributed by atoms with Crippen molar-refractivity contribution in [3.8, 4) is 0 Å². The number of amides is 1. The van der Waals surface area contributed by atoms with E-state index in [4.69, 9.17) is 0 Å². The van der Waals surface area contributed by atoms with E-state index in [0.29, 0.717) is 12.0 Å². The average molecular weight is 448 g/mol. The summed E-state index contributed by atoms with van der Waals surface area (Å²) in [5.41, 5.74) is 2.73. The van der Waals surface area contributed by atoms with Crippen molar-refractivity contribution in [1.82, 2.24) is 0 Å². The number of hydrogen-bond acceptors (Lipinski definition) is 4. The van der Waals surface area contributed by atoms with Gasteiger partial charge in [-0.2, -0.15) is 0 Å². The van der Waals surface area contributed by atoms with Gasteiger partial charge in [0.2, 0.25) is 5.91 Å². The van der Waals surface area contributed by atoms with Crippen LogP contribution in [0.25, 0.3) is 0 Å². The quantitative estimate of drug-likeness (QED) is 0.643. The molecular formula is C25H21NO5S. The maximum atomic E-state index is 13.7. The van der Waals surface area contributed by atoms with E-state index in [1.54, 1.807) is 53.4 Å². The van der Waals surface area contributed by atoms with Crippen molar-refractivity contribution in [3.05, 3.63) is 95.1 Å². The number of sulfone groups is 1. The molecule has 6 nitrogen and oxygen atoms in total. The topological polar surface area (TPSA) is 91.8 Å². The molecule has 2 aliphatic rings. The molecule has 0 bridgehead atoms. The Hall–Kier alpha value is -3.45. The molecule has 7 heteroatoms. The molecule has 1 fully saturated rings. The van der Waals surface area contributed by atoms with E-state index in [-0.39, 0.29) is 28.8 Å². The molecule has 0 saturated heterocycles. The fourth-order valence-corrected chi connectivity index (χ4v) is 5.52. The molecule has 0 radical (unpaired) electrons. The highest BCUT2D eigenvalue weighted by atomic mass is 32.2. The van der Waals surface area contributed by atoms with E-state index in [0.717, 1.165) is 16.8 Å². The predicted octanol–water partition coefficient (Wildman–Crippen LogP) is 3.76. The lowest BCUT2D eigenvalue weighted by Gasteiger charge is -2.19. The first-order chi connectivity index (χ1) is 15.2. The number of carbonyl (C=O) groups is 2. The van der Waals surface area contributed by atoms with Gasteiger partial charge in [-0.3, -0.25) is 4.79 Å². The summed E-state index contributed by atoms with van der Waals surface area (Å²) in [6, 6.07) is 21.1. The molecule has 3 aromatic rings. The van der Waals surface area contributed by atoms with Crippen LogP contribution in [-0.4, -0.2) is 31.7 Å². The standard InChI is InChI=1S/C25H21NO5S/c1-32(30,31)18-12-10-16(11-13-18)21-14-25(21)20-8-4-5-9-22(20)26(24(25)29)15-17-6-2-3-7-19(17)23(27)28/h2-13,21H,14-15H2,1H3,(H,27,28)/t21-,25+/m0/s1. The highest BCUT2D eigenvalue weighted by Crippen LogP contribution is 2.66. The summed E-state index contributed by atoms with van der Waals surface area (Å²) >= 11 is 0. The summed E-state index contributed by atoms with van der Waals surface area (Å²) in [6.45, 7) is 0.180. The zero-order chi connectivity index (χ0) is 22.7. The van der Waals surface area contributed by atoms with Crippen LogP contribution in [0.15, 0.2) is 77.7 Å². The van der Waals surface area contributed by atoms with Crippen molar-refractivity contribution in [2.75, 3.05) is 11.2 Å². The van der Waals surface area contributed by atoms with Crippen LogP contribution in [0.1, 0.15) is 39.4 Å². The van der Waals surface area contributed by atoms with Crippen LogP contribution in [0.5, 0.6) is 0 Å². The van der Waals surface area contributed by atoms with Gasteiger partial charge in [-0.25, -0.2) is 13.2 Å². The number of hydrogen-bond donors (Lipinski definition) is 1. The van der Waals surface area contributed by atoms with Crippen molar-refractivity contribution in [3.63, 3.8) is 0 Å². The van der Waals surface area contributed by atoms with Crippen molar-refractivity contribution in [1.29, 1.82) is 0 Å². The first-order valence-electron chi connectivity index (χ1n) is 10.3. The van der Waals surface area contributed by atoms with Gasteiger partial charge in [-0.05, 0) is 47.4 Å². The molecule has 1 amide bonds. The van der Waals surface area contributed by atoms with Crippen LogP contribution in [0.4, 0.5) is 5.69 Å². The second-order valence-electron chi connectivity index (χ2n) is 8.44. The predicted molar refractivity (Wildman–Crippen MR) is 120 cm³/mol. The van der Waals surface area contributed by atoms with Gasteiger partial charge in [0.1, 0.15) is 0 Å². The minimum atomic E-state index is -3.29. The zero-order valence-electron chi connectivity index (χ0n) is 17.4. The lowest BCUT2D eigenvalue weighted by Crippen LogP contribution is -2.33. The fourth-order valence-electron chi connectivity index (χ4n) is 4.89. The molecule has 0 aromatic heterocycles. The van der Waals surface area contributed by atoms with E-state index in [1.165, 1.54) is 6.26 Å². The molecule has 1 spiro atoms. The number of anilines is 1. The van der Waals surface area contributed by atoms with E-state index in [2.05, 4.69) is 0 Å². The number of aromatic carboxylic acids is 1. The van der Waals surface area contributed by atoms with Crippen molar-refractivity contribution in [2.24, 2.45) is 0 Å². The molecule has 1 N–H and O–H groups in total. The second kappa shape index (κ2) is 7.03. The van der Waals surface area contributed by atoms with Gasteiger partial charge in [0.05, 0.1) is 22.4 Å². The molecule has 162 valence electrons.